The molecule has 2 aromatic carbocycles. The summed E-state index contributed by atoms with van der Waals surface area (Å²) >= 11 is 0. The molecule has 0 aliphatic carbocycles. The fourth-order valence-electron chi connectivity index (χ4n) is 2.12. The molecular formula is C16H14O4. The maximum atomic E-state index is 11.2. The molecule has 0 aliphatic heterocycles. The van der Waals surface area contributed by atoms with Crippen molar-refractivity contribution in [2.75, 3.05) is 0 Å². The summed E-state index contributed by atoms with van der Waals surface area (Å²) in [5, 5.41) is 18.2. The summed E-state index contributed by atoms with van der Waals surface area (Å²) in [4.78, 5) is 22.3. The monoisotopic (exact) mass is 270 g/mol. The van der Waals surface area contributed by atoms with Gasteiger partial charge in [-0.25, -0.2) is 9.59 Å². The highest BCUT2D eigenvalue weighted by Crippen LogP contribution is 2.20. The van der Waals surface area contributed by atoms with Gasteiger partial charge in [0.05, 0.1) is 11.1 Å². The smallest absolute Gasteiger partial charge is 0.335 e. The summed E-state index contributed by atoms with van der Waals surface area (Å²) in [6.07, 6.45) is 0.508. The highest BCUT2D eigenvalue weighted by molar-refractivity contribution is 5.95. The Hall–Kier alpha value is -2.62. The van der Waals surface area contributed by atoms with E-state index in [1.807, 2.05) is 30.3 Å². The van der Waals surface area contributed by atoms with E-state index in [0.29, 0.717) is 17.5 Å². The van der Waals surface area contributed by atoms with Crippen LogP contribution in [-0.2, 0) is 6.42 Å². The van der Waals surface area contributed by atoms with Gasteiger partial charge in [0.15, 0.2) is 0 Å². The molecule has 0 aliphatic rings. The SMILES string of the molecule is Cc1c(Cc2ccccc2)cc(C(=O)O)cc1C(=O)O. The lowest BCUT2D eigenvalue weighted by molar-refractivity contribution is 0.0695. The average molecular weight is 270 g/mol. The molecule has 0 radical (unpaired) electrons. The van der Waals surface area contributed by atoms with Gasteiger partial charge >= 0.3 is 11.9 Å². The summed E-state index contributed by atoms with van der Waals surface area (Å²) in [5.74, 6) is -2.23. The summed E-state index contributed by atoms with van der Waals surface area (Å²) in [7, 11) is 0. The first kappa shape index (κ1) is 13.8. The quantitative estimate of drug-likeness (QED) is 0.895. The minimum absolute atomic E-state index is 0.000990. The van der Waals surface area contributed by atoms with Gasteiger partial charge in [-0.15, -0.1) is 0 Å². The van der Waals surface area contributed by atoms with E-state index in [1.54, 1.807) is 6.92 Å². The van der Waals surface area contributed by atoms with Gasteiger partial charge in [0.2, 0.25) is 0 Å². The van der Waals surface area contributed by atoms with Gasteiger partial charge in [0.25, 0.3) is 0 Å². The van der Waals surface area contributed by atoms with Crippen LogP contribution >= 0.6 is 0 Å². The first-order valence-corrected chi connectivity index (χ1v) is 6.13. The van der Waals surface area contributed by atoms with Crippen molar-refractivity contribution in [3.63, 3.8) is 0 Å². The van der Waals surface area contributed by atoms with Crippen LogP contribution < -0.4 is 0 Å². The first-order valence-electron chi connectivity index (χ1n) is 6.13. The minimum atomic E-state index is -1.12. The summed E-state index contributed by atoms with van der Waals surface area (Å²) < 4.78 is 0. The van der Waals surface area contributed by atoms with E-state index < -0.39 is 11.9 Å². The molecule has 0 amide bonds. The topological polar surface area (TPSA) is 74.6 Å². The largest absolute Gasteiger partial charge is 0.478 e. The zero-order valence-corrected chi connectivity index (χ0v) is 11.0. The van der Waals surface area contributed by atoms with Crippen LogP contribution in [-0.4, -0.2) is 22.2 Å². The second-order valence-corrected chi connectivity index (χ2v) is 4.58. The molecule has 2 aromatic rings. The highest BCUT2D eigenvalue weighted by Gasteiger charge is 2.16. The number of carboxylic acid groups (broad SMARTS) is 2. The minimum Gasteiger partial charge on any atom is -0.478 e. The van der Waals surface area contributed by atoms with E-state index in [-0.39, 0.29) is 11.1 Å². The van der Waals surface area contributed by atoms with Crippen molar-refractivity contribution in [2.24, 2.45) is 0 Å². The van der Waals surface area contributed by atoms with Crippen molar-refractivity contribution in [2.45, 2.75) is 13.3 Å². The fraction of sp³-hybridized carbons (Fsp3) is 0.125. The predicted octanol–water partition coefficient (Wildman–Crippen LogP) is 2.98. The van der Waals surface area contributed by atoms with Crippen LogP contribution in [0.1, 0.15) is 37.4 Å². The fourth-order valence-corrected chi connectivity index (χ4v) is 2.12. The number of carbonyl (C=O) groups is 2. The average Bonchev–Trinajstić information content (AvgIpc) is 2.41. The Morgan fingerprint density at radius 1 is 1.00 bits per heavy atom. The van der Waals surface area contributed by atoms with Crippen LogP contribution in [0.5, 0.6) is 0 Å². The molecule has 4 heteroatoms. The molecule has 0 unspecified atom stereocenters. The molecule has 0 saturated heterocycles. The second kappa shape index (κ2) is 5.57. The molecular weight excluding hydrogens is 256 g/mol. The Kier molecular flexibility index (Phi) is 3.84. The van der Waals surface area contributed by atoms with Crippen molar-refractivity contribution >= 4 is 11.9 Å². The lowest BCUT2D eigenvalue weighted by atomic mass is 9.94. The maximum absolute atomic E-state index is 11.2. The van der Waals surface area contributed by atoms with Crippen LogP contribution in [0.3, 0.4) is 0 Å². The van der Waals surface area contributed by atoms with Gasteiger partial charge < -0.3 is 10.2 Å². The van der Waals surface area contributed by atoms with E-state index >= 15 is 0 Å². The predicted molar refractivity (Wildman–Crippen MR) is 74.3 cm³/mol. The molecule has 0 saturated carbocycles. The lowest BCUT2D eigenvalue weighted by Crippen LogP contribution is -2.08. The Morgan fingerprint density at radius 3 is 2.20 bits per heavy atom. The third-order valence-electron chi connectivity index (χ3n) is 3.23. The number of hydrogen-bond acceptors (Lipinski definition) is 2. The van der Waals surface area contributed by atoms with Crippen molar-refractivity contribution in [1.82, 2.24) is 0 Å². The van der Waals surface area contributed by atoms with Crippen molar-refractivity contribution in [1.29, 1.82) is 0 Å². The number of benzene rings is 2. The molecule has 2 rings (SSSR count). The maximum Gasteiger partial charge on any atom is 0.335 e. The Labute approximate surface area is 116 Å². The Bertz CT molecular complexity index is 660. The van der Waals surface area contributed by atoms with Gasteiger partial charge in [-0.2, -0.15) is 0 Å². The van der Waals surface area contributed by atoms with Crippen molar-refractivity contribution in [3.05, 3.63) is 70.3 Å². The van der Waals surface area contributed by atoms with Crippen LogP contribution in [0.4, 0.5) is 0 Å². The number of rotatable bonds is 4. The third kappa shape index (κ3) is 2.85. The highest BCUT2D eigenvalue weighted by atomic mass is 16.4. The Morgan fingerprint density at radius 2 is 1.65 bits per heavy atom. The van der Waals surface area contributed by atoms with Crippen LogP contribution in [0.15, 0.2) is 42.5 Å². The van der Waals surface area contributed by atoms with Gasteiger partial charge in [-0.05, 0) is 42.2 Å². The van der Waals surface area contributed by atoms with E-state index in [4.69, 9.17) is 10.2 Å². The number of hydrogen-bond donors (Lipinski definition) is 2. The zero-order chi connectivity index (χ0) is 14.7. The Balaban J connectivity index is 2.51. The summed E-state index contributed by atoms with van der Waals surface area (Å²) in [6.45, 7) is 1.70. The van der Waals surface area contributed by atoms with Crippen molar-refractivity contribution in [3.8, 4) is 0 Å². The number of aromatic carboxylic acids is 2. The molecule has 0 spiro atoms. The molecule has 4 nitrogen and oxygen atoms in total. The second-order valence-electron chi connectivity index (χ2n) is 4.58. The van der Waals surface area contributed by atoms with Gasteiger partial charge in [0, 0.05) is 0 Å². The van der Waals surface area contributed by atoms with Crippen LogP contribution in [0.25, 0.3) is 0 Å². The van der Waals surface area contributed by atoms with E-state index in [9.17, 15) is 9.59 Å². The van der Waals surface area contributed by atoms with E-state index in [0.717, 1.165) is 5.56 Å². The summed E-state index contributed by atoms with van der Waals surface area (Å²) in [5.41, 5.74) is 2.36. The molecule has 0 fully saturated rings. The van der Waals surface area contributed by atoms with Crippen LogP contribution in [0, 0.1) is 6.92 Å². The standard InChI is InChI=1S/C16H14O4/c1-10-12(7-11-5-3-2-4-6-11)8-13(15(17)18)9-14(10)16(19)20/h2-6,8-9H,7H2,1H3,(H,17,18)(H,19,20). The normalized spacial score (nSPS) is 10.2. The van der Waals surface area contributed by atoms with Gasteiger partial charge in [-0.3, -0.25) is 0 Å². The first-order chi connectivity index (χ1) is 9.49. The molecule has 102 valence electrons. The zero-order valence-electron chi connectivity index (χ0n) is 11.0. The van der Waals surface area contributed by atoms with E-state index in [2.05, 4.69) is 0 Å². The van der Waals surface area contributed by atoms with Crippen LogP contribution in [0.2, 0.25) is 0 Å². The molecule has 0 atom stereocenters. The molecule has 0 aromatic heterocycles. The van der Waals surface area contributed by atoms with Gasteiger partial charge in [-0.1, -0.05) is 30.3 Å². The van der Waals surface area contributed by atoms with Gasteiger partial charge in [0.1, 0.15) is 0 Å². The van der Waals surface area contributed by atoms with E-state index in [1.165, 1.54) is 12.1 Å². The lowest BCUT2D eigenvalue weighted by Gasteiger charge is -2.11. The molecule has 2 N–H and O–H groups in total. The number of carboxylic acids is 2. The molecule has 0 heterocycles. The van der Waals surface area contributed by atoms with Crippen molar-refractivity contribution < 1.29 is 19.8 Å². The summed E-state index contributed by atoms with van der Waals surface area (Å²) in [6, 6.07) is 12.3. The third-order valence-corrected chi connectivity index (χ3v) is 3.23. The molecule has 0 bridgehead atoms. The molecule has 20 heavy (non-hydrogen) atoms.